The summed E-state index contributed by atoms with van der Waals surface area (Å²) in [7, 11) is 0. The van der Waals surface area contributed by atoms with Crippen molar-refractivity contribution in [3.63, 3.8) is 0 Å². The number of para-hydroxylation sites is 1. The number of carbonyl (C=O) groups excluding carboxylic acids is 1. The molecular formula is C20H22BrNO2. The lowest BCUT2D eigenvalue weighted by Crippen LogP contribution is -2.52. The highest BCUT2D eigenvalue weighted by molar-refractivity contribution is 9.10. The third kappa shape index (κ3) is 3.20. The number of hydrogen-bond acceptors (Lipinski definition) is 2. The van der Waals surface area contributed by atoms with Crippen molar-refractivity contribution >= 4 is 27.7 Å². The highest BCUT2D eigenvalue weighted by atomic mass is 79.9. The quantitative estimate of drug-likeness (QED) is 0.643. The van der Waals surface area contributed by atoms with Gasteiger partial charge in [0.2, 0.25) is 0 Å². The summed E-state index contributed by atoms with van der Waals surface area (Å²) < 4.78 is 6.54. The molecule has 126 valence electrons. The van der Waals surface area contributed by atoms with Crippen molar-refractivity contribution in [2.24, 2.45) is 0 Å². The Balaban J connectivity index is 1.90. The molecule has 1 heterocycles. The van der Waals surface area contributed by atoms with Crippen LogP contribution in [-0.2, 0) is 11.3 Å². The van der Waals surface area contributed by atoms with E-state index in [9.17, 15) is 4.79 Å². The van der Waals surface area contributed by atoms with Crippen molar-refractivity contribution in [2.45, 2.75) is 45.3 Å². The minimum absolute atomic E-state index is 0.279. The second-order valence-corrected chi connectivity index (χ2v) is 7.83. The minimum Gasteiger partial charge on any atom is -0.444 e. The number of amides is 1. The molecule has 0 aliphatic carbocycles. The first-order chi connectivity index (χ1) is 11.4. The van der Waals surface area contributed by atoms with Crippen molar-refractivity contribution in [1.82, 2.24) is 0 Å². The summed E-state index contributed by atoms with van der Waals surface area (Å²) >= 11 is 3.62. The number of rotatable bonds is 2. The third-order valence-electron chi connectivity index (χ3n) is 4.57. The van der Waals surface area contributed by atoms with E-state index in [1.807, 2.05) is 42.5 Å². The summed E-state index contributed by atoms with van der Waals surface area (Å²) in [5.74, 6) is 0.394. The number of halogens is 1. The molecule has 0 N–H and O–H groups in total. The van der Waals surface area contributed by atoms with Crippen molar-refractivity contribution in [2.75, 3.05) is 4.90 Å². The molecule has 3 rings (SSSR count). The van der Waals surface area contributed by atoms with E-state index in [4.69, 9.17) is 4.74 Å². The van der Waals surface area contributed by atoms with E-state index in [0.29, 0.717) is 5.92 Å². The van der Waals surface area contributed by atoms with Gasteiger partial charge in [-0.3, -0.25) is 4.90 Å². The minimum atomic E-state index is -0.302. The molecule has 1 atom stereocenters. The first kappa shape index (κ1) is 17.0. The number of benzene rings is 2. The van der Waals surface area contributed by atoms with Crippen LogP contribution in [0.5, 0.6) is 0 Å². The van der Waals surface area contributed by atoms with Gasteiger partial charge >= 0.3 is 6.09 Å². The van der Waals surface area contributed by atoms with Crippen LogP contribution < -0.4 is 4.90 Å². The van der Waals surface area contributed by atoms with Crippen LogP contribution in [-0.4, -0.2) is 11.6 Å². The second-order valence-electron chi connectivity index (χ2n) is 6.97. The van der Waals surface area contributed by atoms with Crippen molar-refractivity contribution < 1.29 is 9.53 Å². The van der Waals surface area contributed by atoms with Crippen LogP contribution >= 0.6 is 15.9 Å². The van der Waals surface area contributed by atoms with Gasteiger partial charge in [-0.05, 0) is 59.3 Å². The number of ether oxygens (including phenoxy) is 1. The van der Waals surface area contributed by atoms with Crippen LogP contribution in [0, 0.1) is 0 Å². The molecule has 1 aliphatic rings. The van der Waals surface area contributed by atoms with E-state index in [1.54, 1.807) is 4.90 Å². The van der Waals surface area contributed by atoms with Gasteiger partial charge in [-0.25, -0.2) is 4.79 Å². The lowest BCUT2D eigenvalue weighted by molar-refractivity contribution is 0.138. The largest absolute Gasteiger partial charge is 0.444 e. The van der Waals surface area contributed by atoms with E-state index < -0.39 is 0 Å². The number of carbonyl (C=O) groups is 1. The topological polar surface area (TPSA) is 29.5 Å². The number of fused-ring (bicyclic) bond motifs is 1. The summed E-state index contributed by atoms with van der Waals surface area (Å²) in [6, 6.07) is 15.9. The van der Waals surface area contributed by atoms with Crippen LogP contribution in [0.25, 0.3) is 0 Å². The summed E-state index contributed by atoms with van der Waals surface area (Å²) in [6.07, 6.45) is 0.598. The van der Waals surface area contributed by atoms with Crippen LogP contribution in [0.15, 0.2) is 53.0 Å². The maximum absolute atomic E-state index is 12.9. The van der Waals surface area contributed by atoms with Gasteiger partial charge < -0.3 is 4.74 Å². The molecule has 4 heteroatoms. The van der Waals surface area contributed by atoms with Crippen molar-refractivity contribution in [1.29, 1.82) is 0 Å². The average molecular weight is 388 g/mol. The Morgan fingerprint density at radius 2 is 1.92 bits per heavy atom. The monoisotopic (exact) mass is 387 g/mol. The number of nitrogens with zero attached hydrogens (tertiary/aromatic N) is 1. The zero-order valence-electron chi connectivity index (χ0n) is 14.3. The highest BCUT2D eigenvalue weighted by Gasteiger charge is 2.41. The Bertz CT molecular complexity index is 743. The Morgan fingerprint density at radius 1 is 1.21 bits per heavy atom. The molecule has 1 amide bonds. The normalized spacial score (nSPS) is 18.8. The third-order valence-corrected chi connectivity index (χ3v) is 5.21. The van der Waals surface area contributed by atoms with Gasteiger partial charge in [0, 0.05) is 10.0 Å². The molecular weight excluding hydrogens is 366 g/mol. The summed E-state index contributed by atoms with van der Waals surface area (Å²) in [4.78, 5) is 14.7. The summed E-state index contributed by atoms with van der Waals surface area (Å²) in [6.45, 7) is 6.67. The Kier molecular flexibility index (Phi) is 4.68. The predicted octanol–water partition coefficient (Wildman–Crippen LogP) is 5.88. The van der Waals surface area contributed by atoms with Gasteiger partial charge in [0.1, 0.15) is 6.61 Å². The number of anilines is 1. The first-order valence-corrected chi connectivity index (χ1v) is 8.99. The molecule has 0 fully saturated rings. The Morgan fingerprint density at radius 3 is 2.62 bits per heavy atom. The maximum atomic E-state index is 12.9. The zero-order valence-corrected chi connectivity index (χ0v) is 15.8. The van der Waals surface area contributed by atoms with Gasteiger partial charge in [0.05, 0.1) is 5.69 Å². The highest BCUT2D eigenvalue weighted by Crippen LogP contribution is 2.46. The molecule has 2 aromatic carbocycles. The molecule has 2 aromatic rings. The van der Waals surface area contributed by atoms with Crippen molar-refractivity contribution in [3.05, 3.63) is 64.1 Å². The summed E-state index contributed by atoms with van der Waals surface area (Å²) in [5.41, 5.74) is 2.80. The van der Waals surface area contributed by atoms with Gasteiger partial charge in [-0.15, -0.1) is 0 Å². The summed E-state index contributed by atoms with van der Waals surface area (Å²) in [5, 5.41) is 0. The fraction of sp³-hybridized carbons (Fsp3) is 0.350. The van der Waals surface area contributed by atoms with Gasteiger partial charge in [0.25, 0.3) is 0 Å². The number of hydrogen-bond donors (Lipinski definition) is 0. The average Bonchev–Trinajstić information content (AvgIpc) is 2.54. The molecule has 24 heavy (non-hydrogen) atoms. The predicted molar refractivity (Wildman–Crippen MR) is 100 cm³/mol. The SMILES string of the molecule is CC1CC(C)(C)N(C(=O)OCc2ccccc2)c2c(Br)cccc21. The van der Waals surface area contributed by atoms with Gasteiger partial charge in [-0.2, -0.15) is 0 Å². The molecule has 0 aromatic heterocycles. The standard InChI is InChI=1S/C20H22BrNO2/c1-14-12-20(2,3)22(18-16(14)10-7-11-17(18)21)19(23)24-13-15-8-5-4-6-9-15/h4-11,14H,12-13H2,1-3H3. The van der Waals surface area contributed by atoms with Crippen LogP contribution in [0.3, 0.4) is 0 Å². The van der Waals surface area contributed by atoms with Gasteiger partial charge in [-0.1, -0.05) is 49.4 Å². The van der Waals surface area contributed by atoms with E-state index in [0.717, 1.165) is 22.1 Å². The van der Waals surface area contributed by atoms with E-state index in [-0.39, 0.29) is 18.2 Å². The van der Waals surface area contributed by atoms with Crippen LogP contribution in [0.2, 0.25) is 0 Å². The molecule has 1 unspecified atom stereocenters. The van der Waals surface area contributed by atoms with E-state index in [1.165, 1.54) is 5.56 Å². The smallest absolute Gasteiger partial charge is 0.415 e. The molecule has 0 saturated heterocycles. The van der Waals surface area contributed by atoms with E-state index in [2.05, 4.69) is 42.8 Å². The van der Waals surface area contributed by atoms with Crippen LogP contribution in [0.4, 0.5) is 10.5 Å². The molecule has 0 saturated carbocycles. The Hall–Kier alpha value is -1.81. The molecule has 3 nitrogen and oxygen atoms in total. The van der Waals surface area contributed by atoms with E-state index >= 15 is 0 Å². The molecule has 1 aliphatic heterocycles. The first-order valence-electron chi connectivity index (χ1n) is 8.19. The fourth-order valence-electron chi connectivity index (χ4n) is 3.54. The lowest BCUT2D eigenvalue weighted by Gasteiger charge is -2.45. The maximum Gasteiger partial charge on any atom is 0.415 e. The van der Waals surface area contributed by atoms with Gasteiger partial charge in [0.15, 0.2) is 0 Å². The molecule has 0 spiro atoms. The van der Waals surface area contributed by atoms with Crippen molar-refractivity contribution in [3.8, 4) is 0 Å². The lowest BCUT2D eigenvalue weighted by atomic mass is 9.80. The van der Waals surface area contributed by atoms with Crippen LogP contribution in [0.1, 0.15) is 44.2 Å². The molecule has 0 radical (unpaired) electrons. The zero-order chi connectivity index (χ0) is 17.3. The fourth-order valence-corrected chi connectivity index (χ4v) is 4.10. The Labute approximate surface area is 151 Å². The molecule has 0 bridgehead atoms. The second kappa shape index (κ2) is 6.60.